The first kappa shape index (κ1) is 20.6. The Balaban J connectivity index is 1.65. The van der Waals surface area contributed by atoms with Gasteiger partial charge in [-0.05, 0) is 28.1 Å². The Morgan fingerprint density at radius 3 is 2.86 bits per heavy atom. The molecule has 0 bridgehead atoms. The van der Waals surface area contributed by atoms with Crippen LogP contribution in [-0.2, 0) is 4.79 Å². The second-order valence-electron chi connectivity index (χ2n) is 5.71. The molecule has 1 aromatic heterocycles. The van der Waals surface area contributed by atoms with Crippen LogP contribution in [0, 0.1) is 0 Å². The second kappa shape index (κ2) is 8.88. The first-order valence-electron chi connectivity index (χ1n) is 8.11. The van der Waals surface area contributed by atoms with Gasteiger partial charge in [-0.2, -0.15) is 0 Å². The Kier molecular flexibility index (Phi) is 6.29. The molecule has 1 unspecified atom stereocenters. The van der Waals surface area contributed by atoms with Crippen LogP contribution in [0.15, 0.2) is 46.1 Å². The molecule has 2 heterocycles. The van der Waals surface area contributed by atoms with E-state index < -0.39 is 23.9 Å². The van der Waals surface area contributed by atoms with Crippen molar-refractivity contribution in [1.29, 1.82) is 0 Å². The maximum atomic E-state index is 12.3. The van der Waals surface area contributed by atoms with Crippen molar-refractivity contribution >= 4 is 57.5 Å². The van der Waals surface area contributed by atoms with Crippen molar-refractivity contribution in [3.8, 4) is 5.88 Å². The molecule has 1 atom stereocenters. The monoisotopic (exact) mass is 480 g/mol. The van der Waals surface area contributed by atoms with Crippen LogP contribution in [0.1, 0.15) is 10.4 Å². The lowest BCUT2D eigenvalue weighted by molar-refractivity contribution is -0.127. The summed E-state index contributed by atoms with van der Waals surface area (Å²) in [6.45, 7) is 0. The summed E-state index contributed by atoms with van der Waals surface area (Å²) in [6.07, 6.45) is 3.23. The molecule has 12 heteroatoms. The minimum Gasteiger partial charge on any atom is -0.388 e. The molecular formula is C17H14BrClN6O4. The van der Waals surface area contributed by atoms with Crippen LogP contribution in [0.25, 0.3) is 0 Å². The molecule has 0 saturated carbocycles. The van der Waals surface area contributed by atoms with Crippen molar-refractivity contribution in [2.24, 2.45) is 4.99 Å². The van der Waals surface area contributed by atoms with Gasteiger partial charge in [-0.25, -0.2) is 4.79 Å². The first-order valence-corrected chi connectivity index (χ1v) is 9.28. The Morgan fingerprint density at radius 2 is 2.10 bits per heavy atom. The van der Waals surface area contributed by atoms with Crippen molar-refractivity contribution in [3.63, 3.8) is 0 Å². The van der Waals surface area contributed by atoms with Gasteiger partial charge < -0.3 is 20.3 Å². The fourth-order valence-corrected chi connectivity index (χ4v) is 2.84. The quantitative estimate of drug-likeness (QED) is 0.618. The molecule has 2 aromatic rings. The molecule has 0 saturated heterocycles. The number of likely N-dealkylation sites (N-methyl/N-ethyl adjacent to an activating group) is 1. The number of nitrogens with one attached hydrogen (secondary N) is 3. The maximum Gasteiger partial charge on any atom is 0.414 e. The van der Waals surface area contributed by atoms with Gasteiger partial charge in [0, 0.05) is 25.7 Å². The lowest BCUT2D eigenvalue weighted by atomic mass is 10.2. The van der Waals surface area contributed by atoms with E-state index in [0.717, 1.165) is 0 Å². The van der Waals surface area contributed by atoms with Gasteiger partial charge in [0.1, 0.15) is 16.3 Å². The number of nitrogens with zero attached hydrogens (tertiary/aromatic N) is 3. The first-order chi connectivity index (χ1) is 13.9. The van der Waals surface area contributed by atoms with Gasteiger partial charge in [0.25, 0.3) is 17.7 Å². The zero-order valence-corrected chi connectivity index (χ0v) is 17.2. The van der Waals surface area contributed by atoms with Crippen molar-refractivity contribution in [1.82, 2.24) is 20.4 Å². The summed E-state index contributed by atoms with van der Waals surface area (Å²) in [7, 11) is 1.53. The zero-order valence-electron chi connectivity index (χ0n) is 14.8. The predicted octanol–water partition coefficient (Wildman–Crippen LogP) is 2.55. The number of aromatic nitrogens is 2. The molecule has 0 aliphatic carbocycles. The number of halogens is 2. The Hall–Kier alpha value is -3.18. The van der Waals surface area contributed by atoms with Gasteiger partial charge in [-0.3, -0.25) is 19.7 Å². The number of amides is 3. The fraction of sp³-hybridized carbons (Fsp3) is 0.118. The minimum absolute atomic E-state index is 0.138. The number of hydrogen-bond acceptors (Lipinski definition) is 6. The van der Waals surface area contributed by atoms with E-state index in [-0.39, 0.29) is 26.8 Å². The van der Waals surface area contributed by atoms with Crippen molar-refractivity contribution < 1.29 is 19.1 Å². The number of aromatic amines is 1. The summed E-state index contributed by atoms with van der Waals surface area (Å²) in [4.78, 5) is 41.7. The molecule has 10 nitrogen and oxygen atoms in total. The van der Waals surface area contributed by atoms with Crippen molar-refractivity contribution in [2.75, 3.05) is 12.4 Å². The summed E-state index contributed by atoms with van der Waals surface area (Å²) < 4.78 is 5.30. The van der Waals surface area contributed by atoms with E-state index in [4.69, 9.17) is 16.3 Å². The summed E-state index contributed by atoms with van der Waals surface area (Å²) >= 11 is 9.20. The average molecular weight is 482 g/mol. The number of aliphatic imine (C=N–C) groups is 1. The third kappa shape index (κ3) is 4.81. The number of carbonyl (C=O) groups excluding carboxylic acids is 3. The number of carbonyl (C=O) groups is 3. The van der Waals surface area contributed by atoms with E-state index in [1.807, 2.05) is 0 Å². The number of benzene rings is 1. The van der Waals surface area contributed by atoms with Crippen molar-refractivity contribution in [3.05, 3.63) is 51.7 Å². The van der Waals surface area contributed by atoms with E-state index in [2.05, 4.69) is 41.8 Å². The Morgan fingerprint density at radius 1 is 1.34 bits per heavy atom. The number of rotatable bonds is 4. The lowest BCUT2D eigenvalue weighted by Gasteiger charge is -2.16. The van der Waals surface area contributed by atoms with E-state index in [9.17, 15) is 14.4 Å². The summed E-state index contributed by atoms with van der Waals surface area (Å²) in [5.74, 6) is -0.852. The molecular weight excluding hydrogens is 468 g/mol. The lowest BCUT2D eigenvalue weighted by Crippen LogP contribution is -2.47. The van der Waals surface area contributed by atoms with Crippen LogP contribution in [0.5, 0.6) is 5.88 Å². The molecule has 3 rings (SSSR count). The van der Waals surface area contributed by atoms with Crippen LogP contribution in [0.4, 0.5) is 10.6 Å². The molecule has 3 amide bonds. The van der Waals surface area contributed by atoms with Crippen molar-refractivity contribution in [2.45, 2.75) is 6.04 Å². The van der Waals surface area contributed by atoms with Gasteiger partial charge in [-0.1, -0.05) is 23.7 Å². The molecule has 0 spiro atoms. The molecule has 3 N–H and O–H groups in total. The normalized spacial score (nSPS) is 15.8. The van der Waals surface area contributed by atoms with Gasteiger partial charge in [-0.15, -0.1) is 5.10 Å². The van der Waals surface area contributed by atoms with Crippen LogP contribution in [0.3, 0.4) is 0 Å². The van der Waals surface area contributed by atoms with Crippen LogP contribution in [0.2, 0.25) is 5.02 Å². The molecule has 1 aliphatic rings. The number of hydrogen-bond donors (Lipinski definition) is 3. The molecule has 29 heavy (non-hydrogen) atoms. The minimum atomic E-state index is -1.00. The highest BCUT2D eigenvalue weighted by Crippen LogP contribution is 2.30. The molecule has 1 aromatic carbocycles. The summed E-state index contributed by atoms with van der Waals surface area (Å²) in [6, 6.07) is 5.52. The average Bonchev–Trinajstić information content (AvgIpc) is 2.94. The molecule has 1 aliphatic heterocycles. The predicted molar refractivity (Wildman–Crippen MR) is 109 cm³/mol. The van der Waals surface area contributed by atoms with E-state index in [0.29, 0.717) is 0 Å². The maximum absolute atomic E-state index is 12.3. The Labute approximate surface area is 178 Å². The fourth-order valence-electron chi connectivity index (χ4n) is 2.26. The molecule has 150 valence electrons. The summed E-state index contributed by atoms with van der Waals surface area (Å²) in [5, 5.41) is 11.6. The third-order valence-electron chi connectivity index (χ3n) is 3.72. The Bertz CT molecular complexity index is 1020. The third-order valence-corrected chi connectivity index (χ3v) is 4.79. The summed E-state index contributed by atoms with van der Waals surface area (Å²) in [5.41, 5.74) is 0.264. The van der Waals surface area contributed by atoms with E-state index in [1.54, 1.807) is 24.3 Å². The van der Waals surface area contributed by atoms with Crippen LogP contribution in [-0.4, -0.2) is 52.3 Å². The van der Waals surface area contributed by atoms with Crippen LogP contribution >= 0.6 is 27.5 Å². The van der Waals surface area contributed by atoms with Crippen LogP contribution < -0.4 is 15.4 Å². The highest BCUT2D eigenvalue weighted by atomic mass is 79.9. The highest BCUT2D eigenvalue weighted by Gasteiger charge is 2.25. The van der Waals surface area contributed by atoms with Gasteiger partial charge >= 0.3 is 6.09 Å². The van der Waals surface area contributed by atoms with Gasteiger partial charge in [0.2, 0.25) is 0 Å². The largest absolute Gasteiger partial charge is 0.414 e. The standard InChI is InChI=1S/C17H14BrClN6O4/c1-25-7-6-20-8-11(16(25)27)21-17(28)29-15-12(18)13(23-24-15)22-14(26)9-4-2-3-5-10(9)19/h2-8,11H,1H3,(H,21,28)(H2,22,23,24,26). The SMILES string of the molecule is CN1C=CN=CC(NC(=O)Oc2n[nH]c(NC(=O)c3ccccc3Cl)c2Br)C1=O. The van der Waals surface area contributed by atoms with E-state index in [1.165, 1.54) is 30.6 Å². The second-order valence-corrected chi connectivity index (χ2v) is 6.91. The topological polar surface area (TPSA) is 129 Å². The number of anilines is 1. The van der Waals surface area contributed by atoms with Gasteiger partial charge in [0.05, 0.1) is 10.6 Å². The highest BCUT2D eigenvalue weighted by molar-refractivity contribution is 9.10. The smallest absolute Gasteiger partial charge is 0.388 e. The zero-order chi connectivity index (χ0) is 21.0. The number of H-pyrrole nitrogens is 1. The molecule has 0 fully saturated rings. The van der Waals surface area contributed by atoms with Gasteiger partial charge in [0.15, 0.2) is 0 Å². The number of ether oxygens (including phenoxy) is 1. The molecule has 0 radical (unpaired) electrons. The van der Waals surface area contributed by atoms with E-state index >= 15 is 0 Å².